The molecule has 2 N–H and O–H groups in total. The zero-order valence-corrected chi connectivity index (χ0v) is 19.4. The highest BCUT2D eigenvalue weighted by Crippen LogP contribution is 2.25. The van der Waals surface area contributed by atoms with Crippen LogP contribution in [0.15, 0.2) is 60.0 Å². The van der Waals surface area contributed by atoms with Crippen LogP contribution in [0.25, 0.3) is 0 Å². The van der Waals surface area contributed by atoms with Crippen molar-refractivity contribution in [3.63, 3.8) is 0 Å². The lowest BCUT2D eigenvalue weighted by Gasteiger charge is -2.18. The van der Waals surface area contributed by atoms with Gasteiger partial charge in [0.05, 0.1) is 23.5 Å². The van der Waals surface area contributed by atoms with Crippen molar-refractivity contribution < 1.29 is 13.2 Å². The molecule has 0 spiro atoms. The predicted molar refractivity (Wildman–Crippen MR) is 125 cm³/mol. The first-order valence-corrected chi connectivity index (χ1v) is 12.4. The lowest BCUT2D eigenvalue weighted by atomic mass is 10.2. The van der Waals surface area contributed by atoms with Gasteiger partial charge >= 0.3 is 0 Å². The van der Waals surface area contributed by atoms with Crippen LogP contribution in [0.1, 0.15) is 34.6 Å². The molecular formula is C23H28N6O3S. The molecule has 0 aliphatic carbocycles. The molecule has 3 heterocycles. The Bertz CT molecular complexity index is 1200. The van der Waals surface area contributed by atoms with Crippen LogP contribution in [0.3, 0.4) is 0 Å². The monoisotopic (exact) mass is 468 g/mol. The largest absolute Gasteiger partial charge is 0.379 e. The molecule has 3 aromatic rings. The standard InChI is InChI=1S/C23H28N6O3S/c1-18-5-4-6-20(27-18)16-26-21-13-19(23(30)25-8-12-28-11-7-24-17-28)14-22(15-21)33(31,32)29-9-2-3-10-29/h4-7,11,13-15,17,26H,2-3,8-10,12,16H2,1H3,(H,25,30). The number of nitrogens with one attached hydrogen (secondary N) is 2. The number of sulfonamides is 1. The first-order chi connectivity index (χ1) is 15.9. The third-order valence-electron chi connectivity index (χ3n) is 5.51. The summed E-state index contributed by atoms with van der Waals surface area (Å²) in [7, 11) is -3.68. The number of aromatic nitrogens is 3. The molecule has 1 aliphatic rings. The fourth-order valence-corrected chi connectivity index (χ4v) is 5.36. The predicted octanol–water partition coefficient (Wildman–Crippen LogP) is 2.41. The van der Waals surface area contributed by atoms with Crippen LogP contribution in [0, 0.1) is 6.92 Å². The Kier molecular flexibility index (Phi) is 7.05. The van der Waals surface area contributed by atoms with E-state index in [2.05, 4.69) is 20.6 Å². The minimum atomic E-state index is -3.68. The second-order valence-electron chi connectivity index (χ2n) is 8.04. The van der Waals surface area contributed by atoms with Crippen LogP contribution in [-0.2, 0) is 23.1 Å². The van der Waals surface area contributed by atoms with E-state index in [0.717, 1.165) is 24.2 Å². The third-order valence-corrected chi connectivity index (χ3v) is 7.38. The number of rotatable bonds is 9. The number of aryl methyl sites for hydroxylation is 1. The Morgan fingerprint density at radius 2 is 1.97 bits per heavy atom. The molecule has 0 unspecified atom stereocenters. The summed E-state index contributed by atoms with van der Waals surface area (Å²) >= 11 is 0. The Morgan fingerprint density at radius 1 is 1.15 bits per heavy atom. The topological polar surface area (TPSA) is 109 Å². The fraction of sp³-hybridized carbons (Fsp3) is 0.348. The number of imidazole rings is 1. The molecular weight excluding hydrogens is 440 g/mol. The SMILES string of the molecule is Cc1cccc(CNc2cc(C(=O)NCCn3ccnc3)cc(S(=O)(=O)N3CCCC3)c2)n1. The van der Waals surface area contributed by atoms with E-state index < -0.39 is 10.0 Å². The van der Waals surface area contributed by atoms with Crippen molar-refractivity contribution in [2.24, 2.45) is 0 Å². The van der Waals surface area contributed by atoms with E-state index in [9.17, 15) is 13.2 Å². The van der Waals surface area contributed by atoms with E-state index in [1.165, 1.54) is 10.4 Å². The van der Waals surface area contributed by atoms with Gasteiger partial charge in [0.15, 0.2) is 0 Å². The molecule has 2 aromatic heterocycles. The molecule has 4 rings (SSSR count). The number of hydrogen-bond acceptors (Lipinski definition) is 6. The maximum atomic E-state index is 13.2. The molecule has 1 aliphatic heterocycles. The first kappa shape index (κ1) is 22.9. The van der Waals surface area contributed by atoms with Crippen molar-refractivity contribution >= 4 is 21.6 Å². The quantitative estimate of drug-likeness (QED) is 0.499. The fourth-order valence-electron chi connectivity index (χ4n) is 3.77. The van der Waals surface area contributed by atoms with Gasteiger partial charge in [-0.15, -0.1) is 0 Å². The van der Waals surface area contributed by atoms with E-state index in [0.29, 0.717) is 44.0 Å². The Balaban J connectivity index is 1.55. The van der Waals surface area contributed by atoms with Gasteiger partial charge in [0.2, 0.25) is 10.0 Å². The zero-order valence-electron chi connectivity index (χ0n) is 18.6. The molecule has 33 heavy (non-hydrogen) atoms. The van der Waals surface area contributed by atoms with Gasteiger partial charge in [-0.2, -0.15) is 4.31 Å². The van der Waals surface area contributed by atoms with Crippen LogP contribution in [0.5, 0.6) is 0 Å². The molecule has 1 amide bonds. The van der Waals surface area contributed by atoms with Crippen LogP contribution < -0.4 is 10.6 Å². The van der Waals surface area contributed by atoms with Crippen molar-refractivity contribution in [2.75, 3.05) is 25.0 Å². The number of carbonyl (C=O) groups is 1. The van der Waals surface area contributed by atoms with Gasteiger partial charge in [-0.05, 0) is 50.1 Å². The zero-order chi connectivity index (χ0) is 23.3. The molecule has 9 nitrogen and oxygen atoms in total. The molecule has 1 saturated heterocycles. The highest BCUT2D eigenvalue weighted by molar-refractivity contribution is 7.89. The van der Waals surface area contributed by atoms with Crippen molar-refractivity contribution in [2.45, 2.75) is 37.8 Å². The maximum absolute atomic E-state index is 13.2. The minimum absolute atomic E-state index is 0.117. The Labute approximate surface area is 193 Å². The van der Waals surface area contributed by atoms with Gasteiger partial charge in [-0.25, -0.2) is 13.4 Å². The second kappa shape index (κ2) is 10.1. The smallest absolute Gasteiger partial charge is 0.251 e. The Hall–Kier alpha value is -3.24. The highest BCUT2D eigenvalue weighted by atomic mass is 32.2. The highest BCUT2D eigenvalue weighted by Gasteiger charge is 2.28. The average molecular weight is 469 g/mol. The number of anilines is 1. The molecule has 0 bridgehead atoms. The number of benzene rings is 1. The van der Waals surface area contributed by atoms with Gasteiger partial charge in [-0.1, -0.05) is 6.07 Å². The number of hydrogen-bond donors (Lipinski definition) is 2. The lowest BCUT2D eigenvalue weighted by Crippen LogP contribution is -2.29. The molecule has 1 fully saturated rings. The molecule has 0 radical (unpaired) electrons. The second-order valence-corrected chi connectivity index (χ2v) is 9.98. The minimum Gasteiger partial charge on any atom is -0.379 e. The van der Waals surface area contributed by atoms with Crippen molar-refractivity contribution in [3.8, 4) is 0 Å². The van der Waals surface area contributed by atoms with Gasteiger partial charge in [-0.3, -0.25) is 9.78 Å². The van der Waals surface area contributed by atoms with Crippen molar-refractivity contribution in [1.82, 2.24) is 24.2 Å². The van der Waals surface area contributed by atoms with Gasteiger partial charge < -0.3 is 15.2 Å². The van der Waals surface area contributed by atoms with Crippen molar-refractivity contribution in [3.05, 3.63) is 72.1 Å². The summed E-state index contributed by atoms with van der Waals surface area (Å²) in [6, 6.07) is 10.5. The Morgan fingerprint density at radius 3 is 2.70 bits per heavy atom. The molecule has 174 valence electrons. The van der Waals surface area contributed by atoms with Crippen LogP contribution in [0.2, 0.25) is 0 Å². The van der Waals surface area contributed by atoms with Crippen LogP contribution in [0.4, 0.5) is 5.69 Å². The summed E-state index contributed by atoms with van der Waals surface area (Å²) in [4.78, 5) is 21.4. The summed E-state index contributed by atoms with van der Waals surface area (Å²) < 4.78 is 29.7. The van der Waals surface area contributed by atoms with E-state index in [1.807, 2.05) is 35.9 Å². The summed E-state index contributed by atoms with van der Waals surface area (Å²) in [5, 5.41) is 6.08. The van der Waals surface area contributed by atoms with Crippen LogP contribution >= 0.6 is 0 Å². The molecule has 1 aromatic carbocycles. The number of nitrogens with zero attached hydrogens (tertiary/aromatic N) is 4. The van der Waals surface area contributed by atoms with E-state index in [-0.39, 0.29) is 10.8 Å². The summed E-state index contributed by atoms with van der Waals surface area (Å²) in [6.45, 7) is 4.30. The summed E-state index contributed by atoms with van der Waals surface area (Å²) in [6.07, 6.45) is 6.86. The van der Waals surface area contributed by atoms with Gasteiger partial charge in [0.1, 0.15) is 0 Å². The van der Waals surface area contributed by atoms with E-state index in [1.54, 1.807) is 24.7 Å². The molecule has 0 atom stereocenters. The number of pyridine rings is 1. The number of amides is 1. The lowest BCUT2D eigenvalue weighted by molar-refractivity contribution is 0.0952. The van der Waals surface area contributed by atoms with E-state index >= 15 is 0 Å². The van der Waals surface area contributed by atoms with Crippen molar-refractivity contribution in [1.29, 1.82) is 0 Å². The van der Waals surface area contributed by atoms with Crippen LogP contribution in [-0.4, -0.2) is 52.8 Å². The van der Waals surface area contributed by atoms with Gasteiger partial charge in [0.25, 0.3) is 5.91 Å². The maximum Gasteiger partial charge on any atom is 0.251 e. The average Bonchev–Trinajstić information content (AvgIpc) is 3.52. The van der Waals surface area contributed by atoms with E-state index in [4.69, 9.17) is 0 Å². The first-order valence-electron chi connectivity index (χ1n) is 11.0. The number of carbonyl (C=O) groups excluding carboxylic acids is 1. The third kappa shape index (κ3) is 5.77. The summed E-state index contributed by atoms with van der Waals surface area (Å²) in [5.74, 6) is -0.328. The molecule has 0 saturated carbocycles. The normalized spacial score (nSPS) is 14.3. The summed E-state index contributed by atoms with van der Waals surface area (Å²) in [5.41, 5.74) is 2.57. The van der Waals surface area contributed by atoms with Gasteiger partial charge in [0, 0.05) is 55.5 Å². The molecule has 10 heteroatoms.